The van der Waals surface area contributed by atoms with E-state index in [9.17, 15) is 15.3 Å². The van der Waals surface area contributed by atoms with E-state index in [0.717, 1.165) is 0 Å². The minimum Gasteiger partial charge on any atom is -0.394 e. The zero-order chi connectivity index (χ0) is 9.59. The number of ether oxygens (including phenoxy) is 2. The molecule has 2 heterocycles. The molecule has 6 atom stereocenters. The molecular weight excluding hydrogens is 180 g/mol. The maximum absolute atomic E-state index is 9.41. The van der Waals surface area contributed by atoms with Gasteiger partial charge in [-0.1, -0.05) is 0 Å². The Morgan fingerprint density at radius 1 is 0.923 bits per heavy atom. The van der Waals surface area contributed by atoms with Gasteiger partial charge in [0.1, 0.15) is 30.5 Å². The van der Waals surface area contributed by atoms with Gasteiger partial charge in [-0.2, -0.15) is 0 Å². The summed E-state index contributed by atoms with van der Waals surface area (Å²) < 4.78 is 10.1. The van der Waals surface area contributed by atoms with E-state index in [1.165, 1.54) is 0 Å². The Balaban J connectivity index is 2.17. The van der Waals surface area contributed by atoms with E-state index in [4.69, 9.17) is 14.6 Å². The van der Waals surface area contributed by atoms with Crippen molar-refractivity contribution >= 4 is 0 Å². The van der Waals surface area contributed by atoms with E-state index in [1.54, 1.807) is 0 Å². The molecule has 0 saturated carbocycles. The molecule has 2 aliphatic heterocycles. The fourth-order valence-electron chi connectivity index (χ4n) is 1.69. The van der Waals surface area contributed by atoms with Crippen LogP contribution in [0.3, 0.4) is 0 Å². The first-order valence-corrected chi connectivity index (χ1v) is 4.11. The number of aliphatic hydroxyl groups excluding tert-OH is 4. The summed E-state index contributed by atoms with van der Waals surface area (Å²) in [7, 11) is 0. The van der Waals surface area contributed by atoms with Crippen molar-refractivity contribution in [3.8, 4) is 0 Å². The van der Waals surface area contributed by atoms with Crippen molar-refractivity contribution in [3.63, 3.8) is 0 Å². The van der Waals surface area contributed by atoms with E-state index < -0.39 is 36.8 Å². The van der Waals surface area contributed by atoms with E-state index in [0.29, 0.717) is 0 Å². The van der Waals surface area contributed by atoms with Crippen LogP contribution in [-0.4, -0.2) is 63.8 Å². The maximum Gasteiger partial charge on any atom is 0.187 e. The summed E-state index contributed by atoms with van der Waals surface area (Å²) in [5.41, 5.74) is 0. The Labute approximate surface area is 74.3 Å². The minimum atomic E-state index is -1.28. The van der Waals surface area contributed by atoms with Gasteiger partial charge in [0, 0.05) is 0 Å². The molecule has 76 valence electrons. The molecule has 2 aliphatic rings. The Morgan fingerprint density at radius 2 is 1.62 bits per heavy atom. The van der Waals surface area contributed by atoms with Crippen LogP contribution in [0, 0.1) is 0 Å². The van der Waals surface area contributed by atoms with Gasteiger partial charge < -0.3 is 29.9 Å². The first kappa shape index (κ1) is 9.32. The summed E-state index contributed by atoms with van der Waals surface area (Å²) >= 11 is 0. The SMILES string of the molecule is OC[C@H]1O[C@@H]2O[C@H]1[C@H](O)[C@@H](O)[C@@H]2O. The number of aliphatic hydroxyl groups is 4. The highest BCUT2D eigenvalue weighted by atomic mass is 16.8. The lowest BCUT2D eigenvalue weighted by Crippen LogP contribution is -2.54. The monoisotopic (exact) mass is 192 g/mol. The smallest absolute Gasteiger partial charge is 0.187 e. The molecular formula is C7H12O6. The predicted octanol–water partition coefficient (Wildman–Crippen LogP) is -2.81. The summed E-state index contributed by atoms with van der Waals surface area (Å²) in [6.45, 7) is -0.308. The first-order valence-electron chi connectivity index (χ1n) is 4.11. The maximum atomic E-state index is 9.41. The predicted molar refractivity (Wildman–Crippen MR) is 38.6 cm³/mol. The highest BCUT2D eigenvalue weighted by molar-refractivity contribution is 4.97. The van der Waals surface area contributed by atoms with E-state index >= 15 is 0 Å². The topological polar surface area (TPSA) is 99.4 Å². The highest BCUT2D eigenvalue weighted by Crippen LogP contribution is 2.32. The van der Waals surface area contributed by atoms with Crippen molar-refractivity contribution in [3.05, 3.63) is 0 Å². The molecule has 2 fully saturated rings. The normalized spacial score (nSPS) is 55.4. The second-order valence-electron chi connectivity index (χ2n) is 3.30. The molecule has 0 aromatic rings. The minimum absolute atomic E-state index is 0.308. The van der Waals surface area contributed by atoms with Crippen LogP contribution in [-0.2, 0) is 9.47 Å². The van der Waals surface area contributed by atoms with E-state index in [-0.39, 0.29) is 6.61 Å². The van der Waals surface area contributed by atoms with Crippen LogP contribution in [0.1, 0.15) is 0 Å². The zero-order valence-corrected chi connectivity index (χ0v) is 6.78. The van der Waals surface area contributed by atoms with Crippen LogP contribution >= 0.6 is 0 Å². The van der Waals surface area contributed by atoms with Crippen LogP contribution in [0.5, 0.6) is 0 Å². The lowest BCUT2D eigenvalue weighted by molar-refractivity contribution is -0.228. The quantitative estimate of drug-likeness (QED) is 0.358. The lowest BCUT2D eigenvalue weighted by atomic mass is 9.98. The number of fused-ring (bicyclic) bond motifs is 2. The molecule has 0 aromatic carbocycles. The Hall–Kier alpha value is -0.240. The molecule has 2 rings (SSSR count). The van der Waals surface area contributed by atoms with Crippen LogP contribution in [0.4, 0.5) is 0 Å². The van der Waals surface area contributed by atoms with Crippen molar-refractivity contribution in [2.75, 3.05) is 6.61 Å². The van der Waals surface area contributed by atoms with Gasteiger partial charge in [0.25, 0.3) is 0 Å². The molecule has 2 bridgehead atoms. The first-order chi connectivity index (χ1) is 6.15. The molecule has 0 aromatic heterocycles. The lowest BCUT2D eigenvalue weighted by Gasteiger charge is -2.32. The average Bonchev–Trinajstić information content (AvgIpc) is 2.53. The molecule has 2 saturated heterocycles. The number of hydrogen-bond acceptors (Lipinski definition) is 6. The van der Waals surface area contributed by atoms with Crippen LogP contribution < -0.4 is 0 Å². The fourth-order valence-corrected chi connectivity index (χ4v) is 1.69. The second-order valence-corrected chi connectivity index (χ2v) is 3.30. The molecule has 13 heavy (non-hydrogen) atoms. The van der Waals surface area contributed by atoms with Crippen molar-refractivity contribution in [2.45, 2.75) is 36.8 Å². The largest absolute Gasteiger partial charge is 0.394 e. The third kappa shape index (κ3) is 1.26. The highest BCUT2D eigenvalue weighted by Gasteiger charge is 2.53. The standard InChI is InChI=1S/C7H12O6/c8-1-2-6-4(10)3(9)5(11)7(12-2)13-6/h2-11H,1H2/t2-,3-,4-,5+,6-,7-/m1/s1. The van der Waals surface area contributed by atoms with Crippen LogP contribution in [0.15, 0.2) is 0 Å². The van der Waals surface area contributed by atoms with Crippen LogP contribution in [0.2, 0.25) is 0 Å². The molecule has 6 nitrogen and oxygen atoms in total. The molecule has 4 N–H and O–H groups in total. The van der Waals surface area contributed by atoms with Crippen molar-refractivity contribution < 1.29 is 29.9 Å². The Bertz CT molecular complexity index is 193. The zero-order valence-electron chi connectivity index (χ0n) is 6.78. The van der Waals surface area contributed by atoms with Gasteiger partial charge >= 0.3 is 0 Å². The van der Waals surface area contributed by atoms with Gasteiger partial charge in [-0.3, -0.25) is 0 Å². The van der Waals surface area contributed by atoms with Crippen molar-refractivity contribution in [2.24, 2.45) is 0 Å². The molecule has 0 amide bonds. The fraction of sp³-hybridized carbons (Fsp3) is 1.00. The van der Waals surface area contributed by atoms with E-state index in [1.807, 2.05) is 0 Å². The van der Waals surface area contributed by atoms with Gasteiger partial charge in [-0.25, -0.2) is 0 Å². The Morgan fingerprint density at radius 3 is 2.23 bits per heavy atom. The van der Waals surface area contributed by atoms with Gasteiger partial charge in [-0.05, 0) is 0 Å². The van der Waals surface area contributed by atoms with Crippen molar-refractivity contribution in [1.29, 1.82) is 0 Å². The number of hydrogen-bond donors (Lipinski definition) is 4. The summed E-state index contributed by atoms with van der Waals surface area (Å²) in [6, 6.07) is 0. The molecule has 0 unspecified atom stereocenters. The van der Waals surface area contributed by atoms with Gasteiger partial charge in [0.05, 0.1) is 6.61 Å². The summed E-state index contributed by atoms with van der Waals surface area (Å²) in [6.07, 6.45) is -6.13. The molecule has 0 aliphatic carbocycles. The molecule has 0 radical (unpaired) electrons. The van der Waals surface area contributed by atoms with Gasteiger partial charge in [-0.15, -0.1) is 0 Å². The third-order valence-electron chi connectivity index (χ3n) is 2.46. The second kappa shape index (κ2) is 3.16. The molecule has 0 spiro atoms. The third-order valence-corrected chi connectivity index (χ3v) is 2.46. The van der Waals surface area contributed by atoms with E-state index in [2.05, 4.69) is 0 Å². The number of rotatable bonds is 1. The summed E-state index contributed by atoms with van der Waals surface area (Å²) in [5, 5.41) is 36.8. The average molecular weight is 192 g/mol. The molecule has 6 heteroatoms. The summed E-state index contributed by atoms with van der Waals surface area (Å²) in [4.78, 5) is 0. The summed E-state index contributed by atoms with van der Waals surface area (Å²) in [5.74, 6) is 0. The Kier molecular flexibility index (Phi) is 2.26. The van der Waals surface area contributed by atoms with Crippen molar-refractivity contribution in [1.82, 2.24) is 0 Å². The van der Waals surface area contributed by atoms with Gasteiger partial charge in [0.15, 0.2) is 6.29 Å². The van der Waals surface area contributed by atoms with Gasteiger partial charge in [0.2, 0.25) is 0 Å². The van der Waals surface area contributed by atoms with Crippen LogP contribution in [0.25, 0.3) is 0 Å².